The van der Waals surface area contributed by atoms with Crippen molar-refractivity contribution >= 4 is 26.5 Å². The van der Waals surface area contributed by atoms with E-state index in [2.05, 4.69) is 69.6 Å². The maximum absolute atomic E-state index is 2.99. The van der Waals surface area contributed by atoms with E-state index in [1.807, 2.05) is 12.2 Å². The molecule has 1 aliphatic carbocycles. The van der Waals surface area contributed by atoms with Crippen LogP contribution in [0, 0.1) is 6.08 Å². The minimum atomic E-state index is -1.07. The van der Waals surface area contributed by atoms with Crippen LogP contribution in [0.4, 0.5) is 0 Å². The molecule has 0 radical (unpaired) electrons. The van der Waals surface area contributed by atoms with E-state index in [-0.39, 0.29) is 46.5 Å². The topological polar surface area (TPSA) is 0 Å². The first kappa shape index (κ1) is 26.5. The fourth-order valence-electron chi connectivity index (χ4n) is 1.72. The second-order valence-electron chi connectivity index (χ2n) is 6.89. The summed E-state index contributed by atoms with van der Waals surface area (Å²) in [5, 5.41) is 3.23. The third-order valence-electron chi connectivity index (χ3n) is 3.07. The van der Waals surface area contributed by atoms with E-state index in [9.17, 15) is 0 Å². The molecule has 116 valence electrons. The van der Waals surface area contributed by atoms with Gasteiger partial charge in [-0.3, -0.25) is 6.08 Å². The summed E-state index contributed by atoms with van der Waals surface area (Å²) in [5.74, 6) is 0. The van der Waals surface area contributed by atoms with Crippen molar-refractivity contribution in [2.75, 3.05) is 0 Å². The molecular formula is C16H26Cl2Si2Ti. The Morgan fingerprint density at radius 2 is 1.62 bits per heavy atom. The second kappa shape index (κ2) is 11.1. The van der Waals surface area contributed by atoms with Crippen molar-refractivity contribution in [2.45, 2.75) is 45.7 Å². The van der Waals surface area contributed by atoms with Crippen molar-refractivity contribution in [3.8, 4) is 0 Å². The van der Waals surface area contributed by atoms with Gasteiger partial charge in [-0.15, -0.1) is 6.42 Å². The minimum absolute atomic E-state index is 0. The van der Waals surface area contributed by atoms with E-state index >= 15 is 0 Å². The van der Waals surface area contributed by atoms with E-state index in [0.717, 1.165) is 6.42 Å². The van der Waals surface area contributed by atoms with Crippen LogP contribution in [0.1, 0.15) is 6.42 Å². The first-order chi connectivity index (χ1) is 8.21. The molecule has 1 aromatic carbocycles. The van der Waals surface area contributed by atoms with Crippen LogP contribution in [-0.2, 0) is 21.7 Å². The largest absolute Gasteiger partial charge is 4.00 e. The van der Waals surface area contributed by atoms with Gasteiger partial charge in [-0.1, -0.05) is 39.3 Å². The second-order valence-corrected chi connectivity index (χ2v) is 17.0. The quantitative estimate of drug-likeness (QED) is 0.396. The maximum Gasteiger partial charge on any atom is 4.00 e. The Bertz CT molecular complexity index is 399. The average Bonchev–Trinajstić information content (AvgIpc) is 2.91. The van der Waals surface area contributed by atoms with E-state index in [1.54, 1.807) is 10.4 Å². The first-order valence-electron chi connectivity index (χ1n) is 6.71. The van der Waals surface area contributed by atoms with Crippen LogP contribution < -0.4 is 35.2 Å². The smallest absolute Gasteiger partial charge is 1.00 e. The van der Waals surface area contributed by atoms with Gasteiger partial charge in [-0.2, -0.15) is 23.4 Å². The van der Waals surface area contributed by atoms with Crippen molar-refractivity contribution in [3.05, 3.63) is 42.5 Å². The zero-order valence-electron chi connectivity index (χ0n) is 13.9. The molecule has 0 spiro atoms. The van der Waals surface area contributed by atoms with Gasteiger partial charge in [-0.25, -0.2) is 23.4 Å². The summed E-state index contributed by atoms with van der Waals surface area (Å²) in [6.45, 7) is 14.5. The van der Waals surface area contributed by atoms with Gasteiger partial charge in [0.05, 0.1) is 0 Å². The summed E-state index contributed by atoms with van der Waals surface area (Å²) >= 11 is 0. The Labute approximate surface area is 160 Å². The van der Waals surface area contributed by atoms with E-state index in [4.69, 9.17) is 0 Å². The summed E-state index contributed by atoms with van der Waals surface area (Å²) in [4.78, 5) is 0. The molecule has 1 aromatic rings. The molecule has 5 heteroatoms. The van der Waals surface area contributed by atoms with Gasteiger partial charge in [0.25, 0.3) is 0 Å². The molecule has 0 amide bonds. The maximum atomic E-state index is 2.99. The molecule has 0 saturated carbocycles. The average molecular weight is 393 g/mol. The third-order valence-corrected chi connectivity index (χ3v) is 7.16. The van der Waals surface area contributed by atoms with Crippen molar-refractivity contribution in [2.24, 2.45) is 0 Å². The predicted octanol–water partition coefficient (Wildman–Crippen LogP) is -2.19. The van der Waals surface area contributed by atoms with E-state index < -0.39 is 16.1 Å². The van der Waals surface area contributed by atoms with Crippen LogP contribution in [0.25, 0.3) is 0 Å². The van der Waals surface area contributed by atoms with Gasteiger partial charge in [0.15, 0.2) is 0 Å². The Balaban J connectivity index is -0.000000349. The molecule has 0 N–H and O–H groups in total. The summed E-state index contributed by atoms with van der Waals surface area (Å²) in [5.41, 5.74) is 0. The summed E-state index contributed by atoms with van der Waals surface area (Å²) in [7, 11) is -2.14. The Morgan fingerprint density at radius 1 is 1.05 bits per heavy atom. The van der Waals surface area contributed by atoms with Gasteiger partial charge in [0.1, 0.15) is 0 Å². The zero-order chi connectivity index (χ0) is 13.8. The molecule has 0 bridgehead atoms. The monoisotopic (exact) mass is 392 g/mol. The summed E-state index contributed by atoms with van der Waals surface area (Å²) in [6.07, 6.45) is 10.0. The van der Waals surface area contributed by atoms with Gasteiger partial charge >= 0.3 is 21.7 Å². The van der Waals surface area contributed by atoms with Crippen molar-refractivity contribution in [1.29, 1.82) is 0 Å². The molecule has 0 nitrogen and oxygen atoms in total. The van der Waals surface area contributed by atoms with Crippen LogP contribution >= 0.6 is 0 Å². The van der Waals surface area contributed by atoms with Crippen molar-refractivity contribution < 1.29 is 46.5 Å². The third kappa shape index (κ3) is 10.0. The van der Waals surface area contributed by atoms with Crippen LogP contribution in [0.3, 0.4) is 0 Å². The fourth-order valence-corrected chi connectivity index (χ4v) is 4.20. The van der Waals surface area contributed by atoms with E-state index in [1.165, 1.54) is 0 Å². The van der Waals surface area contributed by atoms with Crippen LogP contribution in [-0.4, -0.2) is 16.1 Å². The molecule has 0 saturated heterocycles. The molecule has 2 rings (SSSR count). The molecule has 1 aliphatic rings. The molecule has 0 aromatic heterocycles. The van der Waals surface area contributed by atoms with Crippen LogP contribution in [0.5, 0.6) is 0 Å². The van der Waals surface area contributed by atoms with Crippen molar-refractivity contribution in [3.63, 3.8) is 0 Å². The number of halogens is 2. The molecule has 21 heavy (non-hydrogen) atoms. The molecule has 0 heterocycles. The molecule has 0 fully saturated rings. The molecule has 0 unspecified atom stereocenters. The summed E-state index contributed by atoms with van der Waals surface area (Å²) in [6, 6.07) is 7.15. The van der Waals surface area contributed by atoms with Gasteiger partial charge in [-0.05, 0) is 0 Å². The van der Waals surface area contributed by atoms with Crippen LogP contribution in [0.15, 0.2) is 36.4 Å². The predicted molar refractivity (Wildman–Crippen MR) is 89.6 cm³/mol. The van der Waals surface area contributed by atoms with E-state index in [0.29, 0.717) is 0 Å². The minimum Gasteiger partial charge on any atom is -1.00 e. The first-order valence-corrected chi connectivity index (χ1v) is 13.7. The molecular weight excluding hydrogens is 367 g/mol. The molecule has 0 aliphatic heterocycles. The SMILES string of the molecule is C[Si](C)(C)c1cc[c-]([Si](C)(C)C)c1.[C-]1=CC=CC1.[Cl-].[Cl-].[Ti+4]. The molecule has 0 atom stereocenters. The van der Waals surface area contributed by atoms with Crippen molar-refractivity contribution in [1.82, 2.24) is 0 Å². The van der Waals surface area contributed by atoms with Gasteiger partial charge in [0, 0.05) is 16.1 Å². The Morgan fingerprint density at radius 3 is 1.81 bits per heavy atom. The fraction of sp³-hybridized carbons (Fsp3) is 0.438. The number of hydrogen-bond donors (Lipinski definition) is 0. The normalized spacial score (nSPS) is 12.5. The standard InChI is InChI=1S/C11H21Si2.C5H5.2ClH.Ti/c1-12(2,3)10-7-8-11(9-10)13(4,5)6;1-2-4-5-3-1;;;/h7-9H,1-6H3;1-3H,4H2;2*1H;/q2*-1;;;+4/p-2. The number of allylic oxidation sites excluding steroid dienone is 4. The zero-order valence-corrected chi connectivity index (χ0v) is 19.0. The van der Waals surface area contributed by atoms with Crippen LogP contribution in [0.2, 0.25) is 39.3 Å². The Kier molecular flexibility index (Phi) is 14.0. The number of rotatable bonds is 2. The van der Waals surface area contributed by atoms with Gasteiger partial charge < -0.3 is 24.8 Å². The van der Waals surface area contributed by atoms with Gasteiger partial charge in [0.2, 0.25) is 0 Å². The number of hydrogen-bond acceptors (Lipinski definition) is 0. The summed E-state index contributed by atoms with van der Waals surface area (Å²) < 4.78 is 0. The Hall–Kier alpha value is 0.558.